The van der Waals surface area contributed by atoms with Crippen LogP contribution in [0.25, 0.3) is 0 Å². The molecule has 0 radical (unpaired) electrons. The number of halogens is 1. The number of anilines is 1. The molecular formula is C12H17ClN2S. The summed E-state index contributed by atoms with van der Waals surface area (Å²) in [5.74, 6) is 0. The van der Waals surface area contributed by atoms with Gasteiger partial charge in [0.2, 0.25) is 0 Å². The van der Waals surface area contributed by atoms with Gasteiger partial charge in [-0.2, -0.15) is 0 Å². The summed E-state index contributed by atoms with van der Waals surface area (Å²) in [5, 5.41) is 7.62. The first-order valence-electron chi connectivity index (χ1n) is 5.53. The van der Waals surface area contributed by atoms with Crippen LogP contribution in [0.15, 0.2) is 24.3 Å². The Bertz CT molecular complexity index is 342. The summed E-state index contributed by atoms with van der Waals surface area (Å²) < 4.78 is 0. The zero-order chi connectivity index (χ0) is 11.8. The van der Waals surface area contributed by atoms with Gasteiger partial charge in [0.25, 0.3) is 0 Å². The fraction of sp³-hybridized carbons (Fsp3) is 0.417. The summed E-state index contributed by atoms with van der Waals surface area (Å²) in [6.07, 6.45) is 3.59. The average Bonchev–Trinajstić information content (AvgIpc) is 2.24. The van der Waals surface area contributed by atoms with Crippen LogP contribution in [0.1, 0.15) is 26.2 Å². The van der Waals surface area contributed by atoms with E-state index in [9.17, 15) is 0 Å². The lowest BCUT2D eigenvalue weighted by molar-refractivity contribution is 0.698. The Labute approximate surface area is 107 Å². The van der Waals surface area contributed by atoms with Crippen molar-refractivity contribution in [2.24, 2.45) is 0 Å². The zero-order valence-corrected chi connectivity index (χ0v) is 11.0. The highest BCUT2D eigenvalue weighted by Crippen LogP contribution is 2.14. The highest BCUT2D eigenvalue weighted by Gasteiger charge is 1.97. The average molecular weight is 257 g/mol. The molecule has 1 rings (SSSR count). The fourth-order valence-corrected chi connectivity index (χ4v) is 1.73. The molecule has 0 bridgehead atoms. The summed E-state index contributed by atoms with van der Waals surface area (Å²) in [4.78, 5) is 0. The Hall–Kier alpha value is -0.800. The van der Waals surface area contributed by atoms with Crippen molar-refractivity contribution in [1.82, 2.24) is 5.32 Å². The van der Waals surface area contributed by atoms with E-state index in [1.807, 2.05) is 24.3 Å². The third-order valence-electron chi connectivity index (χ3n) is 2.15. The molecule has 0 aliphatic rings. The Morgan fingerprint density at radius 2 is 2.19 bits per heavy atom. The van der Waals surface area contributed by atoms with E-state index in [-0.39, 0.29) is 0 Å². The quantitative estimate of drug-likeness (QED) is 0.619. The van der Waals surface area contributed by atoms with Crippen molar-refractivity contribution >= 4 is 34.6 Å². The second-order valence-electron chi connectivity index (χ2n) is 3.60. The van der Waals surface area contributed by atoms with Crippen LogP contribution < -0.4 is 10.6 Å². The molecular weight excluding hydrogens is 240 g/mol. The first kappa shape index (κ1) is 13.3. The highest BCUT2D eigenvalue weighted by molar-refractivity contribution is 7.80. The number of hydrogen-bond acceptors (Lipinski definition) is 1. The van der Waals surface area contributed by atoms with Crippen LogP contribution in [0.3, 0.4) is 0 Å². The van der Waals surface area contributed by atoms with E-state index in [1.165, 1.54) is 12.8 Å². The molecule has 0 aliphatic heterocycles. The summed E-state index contributed by atoms with van der Waals surface area (Å²) in [5.41, 5.74) is 0.917. The van der Waals surface area contributed by atoms with Crippen LogP contribution in [-0.2, 0) is 0 Å². The standard InChI is InChI=1S/C12H17ClN2S/c1-2-3-4-8-14-12(16)15-11-7-5-6-10(13)9-11/h5-7,9H,2-4,8H2,1H3,(H2,14,15,16). The second-order valence-corrected chi connectivity index (χ2v) is 4.44. The number of thiocarbonyl (C=S) groups is 1. The van der Waals surface area contributed by atoms with Gasteiger partial charge in [-0.15, -0.1) is 0 Å². The lowest BCUT2D eigenvalue weighted by atomic mass is 10.2. The first-order chi connectivity index (χ1) is 7.72. The van der Waals surface area contributed by atoms with Crippen molar-refractivity contribution in [2.75, 3.05) is 11.9 Å². The van der Waals surface area contributed by atoms with Crippen LogP contribution in [0.4, 0.5) is 5.69 Å². The topological polar surface area (TPSA) is 24.1 Å². The van der Waals surface area contributed by atoms with E-state index in [1.54, 1.807) is 0 Å². The third kappa shape index (κ3) is 5.33. The van der Waals surface area contributed by atoms with Crippen molar-refractivity contribution in [3.05, 3.63) is 29.3 Å². The summed E-state index contributed by atoms with van der Waals surface area (Å²) >= 11 is 11.0. The van der Waals surface area contributed by atoms with E-state index >= 15 is 0 Å². The van der Waals surface area contributed by atoms with E-state index in [0.29, 0.717) is 10.1 Å². The Kier molecular flexibility index (Phi) is 6.19. The molecule has 0 amide bonds. The molecule has 0 saturated carbocycles. The first-order valence-corrected chi connectivity index (χ1v) is 6.31. The van der Waals surface area contributed by atoms with Crippen molar-refractivity contribution in [3.63, 3.8) is 0 Å². The van der Waals surface area contributed by atoms with Crippen LogP contribution in [0.2, 0.25) is 5.02 Å². The largest absolute Gasteiger partial charge is 0.362 e. The molecule has 0 aromatic heterocycles. The maximum Gasteiger partial charge on any atom is 0.170 e. The molecule has 2 nitrogen and oxygen atoms in total. The molecule has 4 heteroatoms. The number of rotatable bonds is 5. The number of benzene rings is 1. The van der Waals surface area contributed by atoms with Crippen LogP contribution in [0, 0.1) is 0 Å². The summed E-state index contributed by atoms with van der Waals surface area (Å²) in [6, 6.07) is 7.52. The van der Waals surface area contributed by atoms with Crippen molar-refractivity contribution in [3.8, 4) is 0 Å². The van der Waals surface area contributed by atoms with Gasteiger partial charge in [-0.1, -0.05) is 37.4 Å². The number of unbranched alkanes of at least 4 members (excludes halogenated alkanes) is 2. The Balaban J connectivity index is 2.29. The molecule has 0 saturated heterocycles. The van der Waals surface area contributed by atoms with Crippen molar-refractivity contribution in [2.45, 2.75) is 26.2 Å². The minimum atomic E-state index is 0.651. The van der Waals surface area contributed by atoms with Gasteiger partial charge in [0.15, 0.2) is 5.11 Å². The van der Waals surface area contributed by atoms with Crippen LogP contribution in [-0.4, -0.2) is 11.7 Å². The maximum absolute atomic E-state index is 5.87. The smallest absolute Gasteiger partial charge is 0.170 e. The van der Waals surface area contributed by atoms with Gasteiger partial charge in [-0.25, -0.2) is 0 Å². The molecule has 1 aromatic carbocycles. The Morgan fingerprint density at radius 1 is 1.38 bits per heavy atom. The van der Waals surface area contributed by atoms with Crippen molar-refractivity contribution in [1.29, 1.82) is 0 Å². The molecule has 0 spiro atoms. The number of nitrogens with one attached hydrogen (secondary N) is 2. The number of hydrogen-bond donors (Lipinski definition) is 2. The van der Waals surface area contributed by atoms with Gasteiger partial charge >= 0.3 is 0 Å². The van der Waals surface area contributed by atoms with Gasteiger partial charge in [0.1, 0.15) is 0 Å². The van der Waals surface area contributed by atoms with Crippen LogP contribution in [0.5, 0.6) is 0 Å². The lowest BCUT2D eigenvalue weighted by Crippen LogP contribution is -2.29. The predicted molar refractivity (Wildman–Crippen MR) is 75.2 cm³/mol. The molecule has 0 unspecified atom stereocenters. The minimum Gasteiger partial charge on any atom is -0.362 e. The molecule has 16 heavy (non-hydrogen) atoms. The van der Waals surface area contributed by atoms with Gasteiger partial charge < -0.3 is 10.6 Å². The molecule has 0 aliphatic carbocycles. The van der Waals surface area contributed by atoms with E-state index in [2.05, 4.69) is 17.6 Å². The molecule has 0 heterocycles. The molecule has 1 aromatic rings. The fourth-order valence-electron chi connectivity index (χ4n) is 1.32. The van der Waals surface area contributed by atoms with E-state index in [4.69, 9.17) is 23.8 Å². The van der Waals surface area contributed by atoms with Crippen LogP contribution >= 0.6 is 23.8 Å². The van der Waals surface area contributed by atoms with Gasteiger partial charge in [0.05, 0.1) is 0 Å². The normalized spacial score (nSPS) is 9.88. The van der Waals surface area contributed by atoms with E-state index < -0.39 is 0 Å². The summed E-state index contributed by atoms with van der Waals surface area (Å²) in [6.45, 7) is 3.10. The molecule has 0 atom stereocenters. The van der Waals surface area contributed by atoms with Gasteiger partial charge in [-0.3, -0.25) is 0 Å². The highest BCUT2D eigenvalue weighted by atomic mass is 35.5. The van der Waals surface area contributed by atoms with Gasteiger partial charge in [0, 0.05) is 17.3 Å². The molecule has 0 fully saturated rings. The summed E-state index contributed by atoms with van der Waals surface area (Å²) in [7, 11) is 0. The molecule has 88 valence electrons. The second kappa shape index (κ2) is 7.47. The van der Waals surface area contributed by atoms with E-state index in [0.717, 1.165) is 18.7 Å². The minimum absolute atomic E-state index is 0.651. The zero-order valence-electron chi connectivity index (χ0n) is 9.42. The van der Waals surface area contributed by atoms with Crippen molar-refractivity contribution < 1.29 is 0 Å². The maximum atomic E-state index is 5.87. The Morgan fingerprint density at radius 3 is 2.88 bits per heavy atom. The third-order valence-corrected chi connectivity index (χ3v) is 2.63. The SMILES string of the molecule is CCCCCNC(=S)Nc1cccc(Cl)c1. The predicted octanol–water partition coefficient (Wildman–Crippen LogP) is 3.82. The lowest BCUT2D eigenvalue weighted by Gasteiger charge is -2.10. The monoisotopic (exact) mass is 256 g/mol. The molecule has 2 N–H and O–H groups in total. The van der Waals surface area contributed by atoms with Gasteiger partial charge in [-0.05, 0) is 36.8 Å².